The number of nitrogens with one attached hydrogen (secondary N) is 2. The molecule has 2 saturated heterocycles. The van der Waals surface area contributed by atoms with Crippen molar-refractivity contribution >= 4 is 29.5 Å². The van der Waals surface area contributed by atoms with Crippen molar-refractivity contribution in [3.63, 3.8) is 0 Å². The normalized spacial score (nSPS) is 23.7. The fourth-order valence-corrected chi connectivity index (χ4v) is 4.53. The quantitative estimate of drug-likeness (QED) is 0.696. The average molecular weight is 443 g/mol. The van der Waals surface area contributed by atoms with Gasteiger partial charge in [-0.05, 0) is 52.2 Å². The van der Waals surface area contributed by atoms with E-state index in [9.17, 15) is 19.2 Å². The first-order valence-corrected chi connectivity index (χ1v) is 11.1. The lowest BCUT2D eigenvalue weighted by Crippen LogP contribution is -2.52. The van der Waals surface area contributed by atoms with Gasteiger partial charge in [0.05, 0.1) is 0 Å². The molecule has 9 nitrogen and oxygen atoms in total. The lowest BCUT2D eigenvalue weighted by molar-refractivity contribution is -0.136. The van der Waals surface area contributed by atoms with Crippen LogP contribution in [0.3, 0.4) is 0 Å². The molecule has 0 aliphatic carbocycles. The van der Waals surface area contributed by atoms with Crippen LogP contribution < -0.4 is 10.6 Å². The zero-order chi connectivity index (χ0) is 23.0. The molecule has 0 bridgehead atoms. The standard InChI is InChI=1S/C23H30N4O5/c1-23(2,3)32-22(31)26-11-5-6-14(12-26)24-17-8-4-7-15-16(17)13-27(21(15)30)18-9-10-19(28)25-20(18)29/h4,7-8,14,18,24H,5-6,9-13H2,1-3H3,(H,25,28,29). The van der Waals surface area contributed by atoms with Gasteiger partial charge in [-0.2, -0.15) is 0 Å². The van der Waals surface area contributed by atoms with Crippen LogP contribution >= 0.6 is 0 Å². The zero-order valence-electron chi connectivity index (χ0n) is 18.8. The minimum absolute atomic E-state index is 0.0301. The number of anilines is 1. The Morgan fingerprint density at radius 2 is 1.97 bits per heavy atom. The van der Waals surface area contributed by atoms with Gasteiger partial charge >= 0.3 is 6.09 Å². The molecule has 3 heterocycles. The van der Waals surface area contributed by atoms with E-state index in [0.717, 1.165) is 24.1 Å². The van der Waals surface area contributed by atoms with Gasteiger partial charge in [0, 0.05) is 48.9 Å². The van der Waals surface area contributed by atoms with Crippen molar-refractivity contribution in [2.24, 2.45) is 0 Å². The molecule has 3 aliphatic heterocycles. The van der Waals surface area contributed by atoms with Crippen LogP contribution in [-0.2, 0) is 20.9 Å². The summed E-state index contributed by atoms with van der Waals surface area (Å²) in [7, 11) is 0. The lowest BCUT2D eigenvalue weighted by atomic mass is 10.0. The SMILES string of the molecule is CC(C)(C)OC(=O)N1CCCC(Nc2cccc3c2CN(C2CCC(=O)NC2=O)C3=O)C1. The number of ether oxygens (including phenoxy) is 1. The number of amides is 4. The number of hydrogen-bond donors (Lipinski definition) is 2. The third-order valence-corrected chi connectivity index (χ3v) is 6.01. The molecule has 2 unspecified atom stereocenters. The maximum Gasteiger partial charge on any atom is 0.410 e. The molecule has 0 radical (unpaired) electrons. The molecule has 0 saturated carbocycles. The van der Waals surface area contributed by atoms with Crippen molar-refractivity contribution in [3.8, 4) is 0 Å². The van der Waals surface area contributed by atoms with Crippen LogP contribution in [0.15, 0.2) is 18.2 Å². The molecule has 172 valence electrons. The van der Waals surface area contributed by atoms with Gasteiger partial charge in [-0.3, -0.25) is 19.7 Å². The topological polar surface area (TPSA) is 108 Å². The molecule has 2 atom stereocenters. The summed E-state index contributed by atoms with van der Waals surface area (Å²) in [4.78, 5) is 52.5. The maximum absolute atomic E-state index is 13.0. The fourth-order valence-electron chi connectivity index (χ4n) is 4.53. The van der Waals surface area contributed by atoms with Crippen LogP contribution in [0.4, 0.5) is 10.5 Å². The number of carbonyl (C=O) groups is 4. The van der Waals surface area contributed by atoms with Gasteiger partial charge in [-0.25, -0.2) is 4.79 Å². The Labute approximate surface area is 187 Å². The molecule has 1 aromatic rings. The second-order valence-corrected chi connectivity index (χ2v) is 9.64. The number of rotatable bonds is 3. The molecular weight excluding hydrogens is 412 g/mol. The molecular formula is C23H30N4O5. The third kappa shape index (κ3) is 4.56. The van der Waals surface area contributed by atoms with Crippen molar-refractivity contribution in [3.05, 3.63) is 29.3 Å². The summed E-state index contributed by atoms with van der Waals surface area (Å²) in [6, 6.07) is 4.90. The summed E-state index contributed by atoms with van der Waals surface area (Å²) in [5.74, 6) is -0.918. The van der Waals surface area contributed by atoms with Crippen LogP contribution in [0.5, 0.6) is 0 Å². The van der Waals surface area contributed by atoms with Crippen molar-refractivity contribution in [2.75, 3.05) is 18.4 Å². The van der Waals surface area contributed by atoms with E-state index in [0.29, 0.717) is 31.6 Å². The van der Waals surface area contributed by atoms with E-state index in [1.807, 2.05) is 32.9 Å². The Bertz CT molecular complexity index is 954. The number of piperidine rings is 2. The van der Waals surface area contributed by atoms with E-state index in [2.05, 4.69) is 10.6 Å². The molecule has 2 fully saturated rings. The average Bonchev–Trinajstić information content (AvgIpc) is 3.05. The summed E-state index contributed by atoms with van der Waals surface area (Å²) in [6.07, 6.45) is 1.99. The number of nitrogens with zero attached hydrogens (tertiary/aromatic N) is 2. The summed E-state index contributed by atoms with van der Waals surface area (Å²) in [5.41, 5.74) is 1.70. The van der Waals surface area contributed by atoms with Gasteiger partial charge in [-0.1, -0.05) is 6.07 Å². The molecule has 0 aromatic heterocycles. The Morgan fingerprint density at radius 3 is 2.69 bits per heavy atom. The molecule has 9 heteroatoms. The molecule has 1 aromatic carbocycles. The minimum Gasteiger partial charge on any atom is -0.444 e. The van der Waals surface area contributed by atoms with Crippen LogP contribution in [0.2, 0.25) is 0 Å². The first kappa shape index (κ1) is 22.1. The smallest absolute Gasteiger partial charge is 0.410 e. The van der Waals surface area contributed by atoms with Crippen LogP contribution in [0.25, 0.3) is 0 Å². The lowest BCUT2D eigenvalue weighted by Gasteiger charge is -2.35. The number of fused-ring (bicyclic) bond motifs is 1. The highest BCUT2D eigenvalue weighted by atomic mass is 16.6. The molecule has 4 rings (SSSR count). The highest BCUT2D eigenvalue weighted by molar-refractivity contribution is 6.06. The number of hydrogen-bond acceptors (Lipinski definition) is 6. The predicted molar refractivity (Wildman–Crippen MR) is 117 cm³/mol. The monoisotopic (exact) mass is 442 g/mol. The van der Waals surface area contributed by atoms with Gasteiger partial charge in [0.1, 0.15) is 11.6 Å². The summed E-state index contributed by atoms with van der Waals surface area (Å²) in [6.45, 7) is 7.03. The highest BCUT2D eigenvalue weighted by Crippen LogP contribution is 2.33. The Kier molecular flexibility index (Phi) is 5.83. The van der Waals surface area contributed by atoms with E-state index in [4.69, 9.17) is 4.74 Å². The molecule has 4 amide bonds. The maximum atomic E-state index is 13.0. The Morgan fingerprint density at radius 1 is 1.19 bits per heavy atom. The van der Waals surface area contributed by atoms with E-state index in [1.165, 1.54) is 0 Å². The molecule has 0 spiro atoms. The number of benzene rings is 1. The molecule has 3 aliphatic rings. The van der Waals surface area contributed by atoms with Crippen molar-refractivity contribution < 1.29 is 23.9 Å². The highest BCUT2D eigenvalue weighted by Gasteiger charge is 2.40. The van der Waals surface area contributed by atoms with Gasteiger partial charge < -0.3 is 19.9 Å². The van der Waals surface area contributed by atoms with Gasteiger partial charge in [-0.15, -0.1) is 0 Å². The van der Waals surface area contributed by atoms with Crippen molar-refractivity contribution in [1.29, 1.82) is 0 Å². The third-order valence-electron chi connectivity index (χ3n) is 6.01. The van der Waals surface area contributed by atoms with Crippen molar-refractivity contribution in [1.82, 2.24) is 15.1 Å². The van der Waals surface area contributed by atoms with E-state index in [-0.39, 0.29) is 30.4 Å². The van der Waals surface area contributed by atoms with Crippen LogP contribution in [-0.4, -0.2) is 64.4 Å². The Hall–Kier alpha value is -3.10. The van der Waals surface area contributed by atoms with Crippen LogP contribution in [0.1, 0.15) is 62.4 Å². The molecule has 32 heavy (non-hydrogen) atoms. The van der Waals surface area contributed by atoms with Gasteiger partial charge in [0.2, 0.25) is 11.8 Å². The van der Waals surface area contributed by atoms with Crippen LogP contribution in [0, 0.1) is 0 Å². The van der Waals surface area contributed by atoms with Crippen molar-refractivity contribution in [2.45, 2.75) is 70.7 Å². The largest absolute Gasteiger partial charge is 0.444 e. The Balaban J connectivity index is 1.46. The summed E-state index contributed by atoms with van der Waals surface area (Å²) < 4.78 is 5.51. The minimum atomic E-state index is -0.641. The van der Waals surface area contributed by atoms with E-state index < -0.39 is 17.6 Å². The second kappa shape index (κ2) is 8.44. The number of likely N-dealkylation sites (tertiary alicyclic amines) is 1. The summed E-state index contributed by atoms with van der Waals surface area (Å²) in [5, 5.41) is 5.84. The van der Waals surface area contributed by atoms with E-state index >= 15 is 0 Å². The number of imide groups is 1. The van der Waals surface area contributed by atoms with E-state index in [1.54, 1.807) is 15.9 Å². The predicted octanol–water partition coefficient (Wildman–Crippen LogP) is 2.26. The van der Waals surface area contributed by atoms with Gasteiger partial charge in [0.15, 0.2) is 0 Å². The first-order valence-electron chi connectivity index (χ1n) is 11.1. The van der Waals surface area contributed by atoms with Gasteiger partial charge in [0.25, 0.3) is 5.91 Å². The summed E-state index contributed by atoms with van der Waals surface area (Å²) >= 11 is 0. The number of carbonyl (C=O) groups excluding carboxylic acids is 4. The second-order valence-electron chi connectivity index (χ2n) is 9.64. The first-order chi connectivity index (χ1) is 15.1. The molecule has 2 N–H and O–H groups in total. The zero-order valence-corrected chi connectivity index (χ0v) is 18.8. The fraction of sp³-hybridized carbons (Fsp3) is 0.565.